The number of nitrogen functional groups attached to an aromatic ring is 1. The Morgan fingerprint density at radius 2 is 2.25 bits per heavy atom. The number of nitrogens with zero attached hydrogens (tertiary/aromatic N) is 1. The first-order valence-electron chi connectivity index (χ1n) is 5.53. The van der Waals surface area contributed by atoms with Crippen LogP contribution < -0.4 is 5.73 Å². The average Bonchev–Trinajstić information content (AvgIpc) is 2.25. The SMILES string of the molecule is CSc1cc(CC2(C#N)CCC2)ccc1N. The summed E-state index contributed by atoms with van der Waals surface area (Å²) in [7, 11) is 0. The summed E-state index contributed by atoms with van der Waals surface area (Å²) in [6.07, 6.45) is 6.18. The standard InChI is InChI=1S/C13H16N2S/c1-16-12-7-10(3-4-11(12)15)8-13(9-14)5-2-6-13/h3-4,7H,2,5-6,8,15H2,1H3. The maximum Gasteiger partial charge on any atom is 0.0693 e. The molecule has 0 heterocycles. The lowest BCUT2D eigenvalue weighted by Gasteiger charge is -2.35. The Kier molecular flexibility index (Phi) is 3.11. The van der Waals surface area contributed by atoms with Crippen molar-refractivity contribution >= 4 is 17.4 Å². The van der Waals surface area contributed by atoms with E-state index in [-0.39, 0.29) is 5.41 Å². The Balaban J connectivity index is 2.19. The van der Waals surface area contributed by atoms with Gasteiger partial charge in [-0.3, -0.25) is 0 Å². The summed E-state index contributed by atoms with van der Waals surface area (Å²) in [5, 5.41) is 9.20. The van der Waals surface area contributed by atoms with E-state index in [0.29, 0.717) is 0 Å². The third-order valence-electron chi connectivity index (χ3n) is 3.39. The lowest BCUT2D eigenvalue weighted by atomic mass is 9.66. The van der Waals surface area contributed by atoms with E-state index >= 15 is 0 Å². The van der Waals surface area contributed by atoms with Gasteiger partial charge < -0.3 is 5.73 Å². The topological polar surface area (TPSA) is 49.8 Å². The van der Waals surface area contributed by atoms with Gasteiger partial charge in [0.05, 0.1) is 11.5 Å². The maximum absolute atomic E-state index is 9.20. The van der Waals surface area contributed by atoms with E-state index in [9.17, 15) is 5.26 Å². The van der Waals surface area contributed by atoms with Crippen molar-refractivity contribution in [3.05, 3.63) is 23.8 Å². The van der Waals surface area contributed by atoms with Gasteiger partial charge in [-0.05, 0) is 43.2 Å². The van der Waals surface area contributed by atoms with Crippen LogP contribution in [0.3, 0.4) is 0 Å². The largest absolute Gasteiger partial charge is 0.398 e. The molecule has 0 amide bonds. The molecule has 2 N–H and O–H groups in total. The van der Waals surface area contributed by atoms with Crippen LogP contribution in [0.2, 0.25) is 0 Å². The number of nitriles is 1. The van der Waals surface area contributed by atoms with Crippen molar-refractivity contribution in [2.45, 2.75) is 30.6 Å². The maximum atomic E-state index is 9.20. The lowest BCUT2D eigenvalue weighted by molar-refractivity contribution is 0.214. The molecule has 1 aromatic carbocycles. The second kappa shape index (κ2) is 4.39. The van der Waals surface area contributed by atoms with Crippen molar-refractivity contribution in [3.63, 3.8) is 0 Å². The van der Waals surface area contributed by atoms with Crippen molar-refractivity contribution in [1.29, 1.82) is 5.26 Å². The van der Waals surface area contributed by atoms with Crippen LogP contribution in [-0.2, 0) is 6.42 Å². The van der Waals surface area contributed by atoms with E-state index < -0.39 is 0 Å². The smallest absolute Gasteiger partial charge is 0.0693 e. The summed E-state index contributed by atoms with van der Waals surface area (Å²) in [6, 6.07) is 8.60. The summed E-state index contributed by atoms with van der Waals surface area (Å²) in [4.78, 5) is 1.12. The van der Waals surface area contributed by atoms with Crippen LogP contribution in [0.4, 0.5) is 5.69 Å². The zero-order valence-electron chi connectivity index (χ0n) is 9.49. The number of hydrogen-bond acceptors (Lipinski definition) is 3. The van der Waals surface area contributed by atoms with Crippen molar-refractivity contribution in [2.24, 2.45) is 5.41 Å². The van der Waals surface area contributed by atoms with Gasteiger partial charge in [0.15, 0.2) is 0 Å². The van der Waals surface area contributed by atoms with Gasteiger partial charge in [0.2, 0.25) is 0 Å². The molecule has 1 fully saturated rings. The fraction of sp³-hybridized carbons (Fsp3) is 0.462. The van der Waals surface area contributed by atoms with Crippen molar-refractivity contribution in [2.75, 3.05) is 12.0 Å². The number of nitrogens with two attached hydrogens (primary N) is 1. The van der Waals surface area contributed by atoms with Crippen LogP contribution in [0.25, 0.3) is 0 Å². The van der Waals surface area contributed by atoms with Crippen LogP contribution in [0, 0.1) is 16.7 Å². The van der Waals surface area contributed by atoms with Crippen molar-refractivity contribution in [3.8, 4) is 6.07 Å². The number of thioether (sulfide) groups is 1. The van der Waals surface area contributed by atoms with Gasteiger partial charge in [-0.15, -0.1) is 11.8 Å². The summed E-state index contributed by atoms with van der Waals surface area (Å²) in [6.45, 7) is 0. The van der Waals surface area contributed by atoms with Gasteiger partial charge in [0, 0.05) is 10.6 Å². The number of benzene rings is 1. The molecule has 0 bridgehead atoms. The fourth-order valence-electron chi connectivity index (χ4n) is 2.19. The highest BCUT2D eigenvalue weighted by atomic mass is 32.2. The van der Waals surface area contributed by atoms with E-state index in [2.05, 4.69) is 12.1 Å². The highest BCUT2D eigenvalue weighted by Gasteiger charge is 2.37. The summed E-state index contributed by atoms with van der Waals surface area (Å²) >= 11 is 1.66. The summed E-state index contributed by atoms with van der Waals surface area (Å²) < 4.78 is 0. The predicted molar refractivity (Wildman–Crippen MR) is 68.2 cm³/mol. The summed E-state index contributed by atoms with van der Waals surface area (Å²) in [5.74, 6) is 0. The first-order chi connectivity index (χ1) is 7.69. The van der Waals surface area contributed by atoms with Crippen LogP contribution >= 0.6 is 11.8 Å². The van der Waals surface area contributed by atoms with Gasteiger partial charge in [0.1, 0.15) is 0 Å². The molecular weight excluding hydrogens is 216 g/mol. The summed E-state index contributed by atoms with van der Waals surface area (Å²) in [5.41, 5.74) is 7.83. The third-order valence-corrected chi connectivity index (χ3v) is 4.18. The Morgan fingerprint density at radius 1 is 1.50 bits per heavy atom. The Bertz CT molecular complexity index is 430. The number of rotatable bonds is 3. The van der Waals surface area contributed by atoms with E-state index in [4.69, 9.17) is 5.73 Å². The van der Waals surface area contributed by atoms with E-state index in [1.807, 2.05) is 18.4 Å². The quantitative estimate of drug-likeness (QED) is 0.643. The second-order valence-electron chi connectivity index (χ2n) is 4.50. The molecule has 0 unspecified atom stereocenters. The number of hydrogen-bond donors (Lipinski definition) is 1. The van der Waals surface area contributed by atoms with Gasteiger partial charge >= 0.3 is 0 Å². The Hall–Kier alpha value is -1.14. The minimum Gasteiger partial charge on any atom is -0.398 e. The van der Waals surface area contributed by atoms with Crippen LogP contribution in [0.5, 0.6) is 0 Å². The molecule has 1 aromatic rings. The Morgan fingerprint density at radius 3 is 2.75 bits per heavy atom. The van der Waals surface area contributed by atoms with Crippen LogP contribution in [0.15, 0.2) is 23.1 Å². The first-order valence-corrected chi connectivity index (χ1v) is 6.75. The van der Waals surface area contributed by atoms with Crippen molar-refractivity contribution in [1.82, 2.24) is 0 Å². The molecule has 0 aromatic heterocycles. The van der Waals surface area contributed by atoms with Gasteiger partial charge in [-0.1, -0.05) is 12.5 Å². The predicted octanol–water partition coefficient (Wildman–Crippen LogP) is 3.23. The van der Waals surface area contributed by atoms with E-state index in [0.717, 1.165) is 29.8 Å². The lowest BCUT2D eigenvalue weighted by Crippen LogP contribution is -2.29. The second-order valence-corrected chi connectivity index (χ2v) is 5.35. The number of anilines is 1. The minimum absolute atomic E-state index is 0.0915. The Labute approximate surface area is 101 Å². The molecule has 2 rings (SSSR count). The molecule has 1 aliphatic rings. The van der Waals surface area contributed by atoms with Crippen molar-refractivity contribution < 1.29 is 0 Å². The van der Waals surface area contributed by atoms with Crippen LogP contribution in [0.1, 0.15) is 24.8 Å². The van der Waals surface area contributed by atoms with E-state index in [1.165, 1.54) is 12.0 Å². The van der Waals surface area contributed by atoms with Crippen LogP contribution in [-0.4, -0.2) is 6.26 Å². The molecule has 0 atom stereocenters. The first kappa shape index (κ1) is 11.3. The van der Waals surface area contributed by atoms with E-state index in [1.54, 1.807) is 11.8 Å². The molecule has 0 radical (unpaired) electrons. The highest BCUT2D eigenvalue weighted by Crippen LogP contribution is 2.43. The monoisotopic (exact) mass is 232 g/mol. The molecule has 0 aliphatic heterocycles. The fourth-order valence-corrected chi connectivity index (χ4v) is 2.76. The van der Waals surface area contributed by atoms with Gasteiger partial charge in [-0.2, -0.15) is 5.26 Å². The molecule has 2 nitrogen and oxygen atoms in total. The zero-order valence-corrected chi connectivity index (χ0v) is 10.3. The average molecular weight is 232 g/mol. The highest BCUT2D eigenvalue weighted by molar-refractivity contribution is 7.98. The molecule has 3 heteroatoms. The molecule has 1 aliphatic carbocycles. The molecule has 0 spiro atoms. The molecule has 1 saturated carbocycles. The molecular formula is C13H16N2S. The van der Waals surface area contributed by atoms with Gasteiger partial charge in [0.25, 0.3) is 0 Å². The molecule has 16 heavy (non-hydrogen) atoms. The third kappa shape index (κ3) is 2.03. The molecule has 0 saturated heterocycles. The minimum atomic E-state index is -0.0915. The normalized spacial score (nSPS) is 17.5. The zero-order chi connectivity index (χ0) is 11.6. The molecule has 84 valence electrons. The van der Waals surface area contributed by atoms with Gasteiger partial charge in [-0.25, -0.2) is 0 Å².